The zero-order chi connectivity index (χ0) is 15.4. The normalized spacial score (nSPS) is 19.1. The summed E-state index contributed by atoms with van der Waals surface area (Å²) in [5, 5.41) is 2.17. The summed E-state index contributed by atoms with van der Waals surface area (Å²) in [4.78, 5) is 23.5. The predicted octanol–water partition coefficient (Wildman–Crippen LogP) is 2.01. The Hall–Kier alpha value is -2.02. The van der Waals surface area contributed by atoms with E-state index in [1.807, 2.05) is 0 Å². The Labute approximate surface area is 120 Å². The number of carbonyl (C=O) groups excluding carboxylic acids is 2. The van der Waals surface area contributed by atoms with E-state index in [-0.39, 0.29) is 5.69 Å². The topological polar surface area (TPSA) is 64.6 Å². The van der Waals surface area contributed by atoms with Crippen molar-refractivity contribution >= 4 is 17.6 Å². The van der Waals surface area contributed by atoms with E-state index in [1.165, 1.54) is 6.92 Å². The van der Waals surface area contributed by atoms with Crippen molar-refractivity contribution in [3.05, 3.63) is 29.8 Å². The van der Waals surface area contributed by atoms with Gasteiger partial charge in [0.1, 0.15) is 11.6 Å². The van der Waals surface area contributed by atoms with Gasteiger partial charge in [0.25, 0.3) is 5.91 Å². The summed E-state index contributed by atoms with van der Waals surface area (Å²) >= 11 is 0. The highest BCUT2D eigenvalue weighted by molar-refractivity contribution is 5.95. The molecule has 1 aliphatic heterocycles. The van der Waals surface area contributed by atoms with Crippen LogP contribution in [-0.2, 0) is 19.1 Å². The van der Waals surface area contributed by atoms with Gasteiger partial charge in [0.15, 0.2) is 12.2 Å². The Kier molecular flexibility index (Phi) is 4.85. The number of rotatable bonds is 4. The molecule has 1 aromatic carbocycles. The Balaban J connectivity index is 1.93. The molecule has 5 nitrogen and oxygen atoms in total. The van der Waals surface area contributed by atoms with Crippen LogP contribution >= 0.6 is 0 Å². The number of halogens is 2. The van der Waals surface area contributed by atoms with Crippen LogP contribution in [-0.4, -0.2) is 30.7 Å². The summed E-state index contributed by atoms with van der Waals surface area (Å²) in [6, 6.07) is 2.68. The Morgan fingerprint density at radius 2 is 2.19 bits per heavy atom. The van der Waals surface area contributed by atoms with Crippen molar-refractivity contribution in [1.29, 1.82) is 0 Å². The fourth-order valence-electron chi connectivity index (χ4n) is 1.89. The molecule has 1 heterocycles. The van der Waals surface area contributed by atoms with E-state index in [0.717, 1.165) is 24.6 Å². The van der Waals surface area contributed by atoms with Gasteiger partial charge >= 0.3 is 5.97 Å². The molecule has 2 atom stereocenters. The highest BCUT2D eigenvalue weighted by Crippen LogP contribution is 2.17. The molecule has 7 heteroatoms. The highest BCUT2D eigenvalue weighted by atomic mass is 19.1. The zero-order valence-electron chi connectivity index (χ0n) is 11.4. The second-order valence-corrected chi connectivity index (χ2v) is 4.69. The van der Waals surface area contributed by atoms with Gasteiger partial charge in [-0.2, -0.15) is 0 Å². The average molecular weight is 299 g/mol. The molecule has 1 aromatic rings. The second kappa shape index (κ2) is 6.62. The standard InChI is InChI=1S/C14H15F2NO4/c1-8(21-14(19)12-3-2-6-20-12)13(18)17-11-7-9(15)4-5-10(11)16/h4-5,7-8,12H,2-3,6H2,1H3,(H,17,18)/t8-,12-/m1/s1. The molecule has 1 N–H and O–H groups in total. The second-order valence-electron chi connectivity index (χ2n) is 4.69. The smallest absolute Gasteiger partial charge is 0.336 e. The number of amides is 1. The maximum absolute atomic E-state index is 13.4. The number of ether oxygens (including phenoxy) is 2. The molecule has 0 aromatic heterocycles. The number of anilines is 1. The lowest BCUT2D eigenvalue weighted by molar-refractivity contribution is -0.162. The molecule has 0 saturated carbocycles. The van der Waals surface area contributed by atoms with Crippen LogP contribution in [0.15, 0.2) is 18.2 Å². The lowest BCUT2D eigenvalue weighted by Gasteiger charge is -2.16. The van der Waals surface area contributed by atoms with Crippen molar-refractivity contribution in [3.63, 3.8) is 0 Å². The SMILES string of the molecule is C[C@@H](OC(=O)[C@H]1CCCO1)C(=O)Nc1cc(F)ccc1F. The van der Waals surface area contributed by atoms with Crippen LogP contribution < -0.4 is 5.32 Å². The van der Waals surface area contributed by atoms with Gasteiger partial charge in [-0.25, -0.2) is 13.6 Å². The molecule has 0 bridgehead atoms. The molecule has 1 fully saturated rings. The molecular formula is C14H15F2NO4. The van der Waals surface area contributed by atoms with Crippen LogP contribution in [0.1, 0.15) is 19.8 Å². The first-order valence-electron chi connectivity index (χ1n) is 6.55. The summed E-state index contributed by atoms with van der Waals surface area (Å²) in [5.74, 6) is -2.83. The number of hydrogen-bond donors (Lipinski definition) is 1. The van der Waals surface area contributed by atoms with Gasteiger partial charge in [-0.15, -0.1) is 0 Å². The zero-order valence-corrected chi connectivity index (χ0v) is 11.4. The maximum atomic E-state index is 13.4. The molecule has 1 aliphatic rings. The molecule has 1 amide bonds. The monoisotopic (exact) mass is 299 g/mol. The van der Waals surface area contributed by atoms with Gasteiger partial charge < -0.3 is 14.8 Å². The number of esters is 1. The van der Waals surface area contributed by atoms with Gasteiger partial charge in [0.05, 0.1) is 5.69 Å². The van der Waals surface area contributed by atoms with E-state index < -0.39 is 35.7 Å². The molecule has 0 unspecified atom stereocenters. The van der Waals surface area contributed by atoms with E-state index in [2.05, 4.69) is 5.32 Å². The van der Waals surface area contributed by atoms with Crippen LogP contribution in [0.2, 0.25) is 0 Å². The minimum Gasteiger partial charge on any atom is -0.451 e. The maximum Gasteiger partial charge on any atom is 0.336 e. The largest absolute Gasteiger partial charge is 0.451 e. The summed E-state index contributed by atoms with van der Waals surface area (Å²) in [7, 11) is 0. The van der Waals surface area contributed by atoms with Crippen molar-refractivity contribution in [2.24, 2.45) is 0 Å². The van der Waals surface area contributed by atoms with E-state index >= 15 is 0 Å². The van der Waals surface area contributed by atoms with Gasteiger partial charge in [-0.3, -0.25) is 4.79 Å². The molecule has 2 rings (SSSR count). The number of benzene rings is 1. The van der Waals surface area contributed by atoms with Crippen LogP contribution in [0.4, 0.5) is 14.5 Å². The van der Waals surface area contributed by atoms with Crippen molar-refractivity contribution < 1.29 is 27.8 Å². The van der Waals surface area contributed by atoms with Crippen LogP contribution in [0.5, 0.6) is 0 Å². The average Bonchev–Trinajstić information content (AvgIpc) is 2.97. The quantitative estimate of drug-likeness (QED) is 0.864. The summed E-state index contributed by atoms with van der Waals surface area (Å²) < 4.78 is 36.5. The molecule has 0 radical (unpaired) electrons. The van der Waals surface area contributed by atoms with Crippen LogP contribution in [0.25, 0.3) is 0 Å². The van der Waals surface area contributed by atoms with Crippen molar-refractivity contribution in [1.82, 2.24) is 0 Å². The van der Waals surface area contributed by atoms with Gasteiger partial charge in [-0.05, 0) is 31.9 Å². The molecule has 21 heavy (non-hydrogen) atoms. The van der Waals surface area contributed by atoms with Crippen LogP contribution in [0.3, 0.4) is 0 Å². The minimum atomic E-state index is -1.13. The van der Waals surface area contributed by atoms with Crippen LogP contribution in [0, 0.1) is 11.6 Å². The number of nitrogens with one attached hydrogen (secondary N) is 1. The number of hydrogen-bond acceptors (Lipinski definition) is 4. The molecule has 1 saturated heterocycles. The fourth-order valence-corrected chi connectivity index (χ4v) is 1.89. The van der Waals surface area contributed by atoms with Crippen molar-refractivity contribution in [2.75, 3.05) is 11.9 Å². The first-order valence-corrected chi connectivity index (χ1v) is 6.55. The highest BCUT2D eigenvalue weighted by Gasteiger charge is 2.28. The molecular weight excluding hydrogens is 284 g/mol. The summed E-state index contributed by atoms with van der Waals surface area (Å²) in [6.45, 7) is 1.83. The van der Waals surface area contributed by atoms with Gasteiger partial charge in [-0.1, -0.05) is 0 Å². The predicted molar refractivity (Wildman–Crippen MR) is 69.5 cm³/mol. The third-order valence-corrected chi connectivity index (χ3v) is 3.04. The lowest BCUT2D eigenvalue weighted by Crippen LogP contribution is -2.34. The van der Waals surface area contributed by atoms with Crippen molar-refractivity contribution in [2.45, 2.75) is 32.0 Å². The third-order valence-electron chi connectivity index (χ3n) is 3.04. The summed E-state index contributed by atoms with van der Waals surface area (Å²) in [6.07, 6.45) is -0.490. The molecule has 0 aliphatic carbocycles. The third kappa shape index (κ3) is 3.98. The first-order chi connectivity index (χ1) is 9.97. The first kappa shape index (κ1) is 15.4. The lowest BCUT2D eigenvalue weighted by atomic mass is 10.2. The van der Waals surface area contributed by atoms with E-state index in [0.29, 0.717) is 13.0 Å². The minimum absolute atomic E-state index is 0.306. The van der Waals surface area contributed by atoms with Crippen molar-refractivity contribution in [3.8, 4) is 0 Å². The van der Waals surface area contributed by atoms with E-state index in [1.54, 1.807) is 0 Å². The Morgan fingerprint density at radius 1 is 1.43 bits per heavy atom. The van der Waals surface area contributed by atoms with Gasteiger partial charge in [0.2, 0.25) is 0 Å². The van der Waals surface area contributed by atoms with E-state index in [4.69, 9.17) is 9.47 Å². The molecule has 114 valence electrons. The molecule has 0 spiro atoms. The summed E-state index contributed by atoms with van der Waals surface area (Å²) in [5.41, 5.74) is -0.306. The van der Waals surface area contributed by atoms with E-state index in [9.17, 15) is 18.4 Å². The number of carbonyl (C=O) groups is 2. The Morgan fingerprint density at radius 3 is 2.86 bits per heavy atom. The van der Waals surface area contributed by atoms with Gasteiger partial charge in [0, 0.05) is 12.7 Å². The Bertz CT molecular complexity index is 544. The fraction of sp³-hybridized carbons (Fsp3) is 0.429.